The second kappa shape index (κ2) is 6.73. The topological polar surface area (TPSA) is 29.9 Å². The zero-order valence-electron chi connectivity index (χ0n) is 11.4. The Bertz CT molecular complexity index is 507. The third-order valence-corrected chi connectivity index (χ3v) is 3.52. The summed E-state index contributed by atoms with van der Waals surface area (Å²) >= 11 is 6.30. The average molecular weight is 278 g/mol. The Kier molecular flexibility index (Phi) is 5.00. The average Bonchev–Trinajstić information content (AvgIpc) is 2.79. The lowest BCUT2D eigenvalue weighted by atomic mass is 10.0. The lowest BCUT2D eigenvalue weighted by molar-refractivity contribution is 0.497. The fourth-order valence-electron chi connectivity index (χ4n) is 2.29. The largest absolute Gasteiger partial charge is 0.311 e. The van der Waals surface area contributed by atoms with Crippen LogP contribution in [0.1, 0.15) is 30.6 Å². The highest BCUT2D eigenvalue weighted by atomic mass is 35.5. The Balaban J connectivity index is 2.24. The molecule has 1 unspecified atom stereocenters. The Morgan fingerprint density at radius 2 is 2.05 bits per heavy atom. The van der Waals surface area contributed by atoms with Gasteiger partial charge in [0.1, 0.15) is 0 Å². The molecule has 1 atom stereocenters. The first kappa shape index (κ1) is 14.1. The quantitative estimate of drug-likeness (QED) is 0.876. The molecule has 4 heteroatoms. The molecule has 0 aliphatic rings. The van der Waals surface area contributed by atoms with Crippen molar-refractivity contribution in [2.75, 3.05) is 7.05 Å². The van der Waals surface area contributed by atoms with Crippen LogP contribution < -0.4 is 5.32 Å². The molecule has 19 heavy (non-hydrogen) atoms. The molecule has 0 radical (unpaired) electrons. The highest BCUT2D eigenvalue weighted by Gasteiger charge is 2.19. The van der Waals surface area contributed by atoms with Crippen molar-refractivity contribution in [3.8, 4) is 0 Å². The predicted octanol–water partition coefficient (Wildman–Crippen LogP) is 3.45. The standard InChI is InChI=1S/C15H20ClN3/c1-3-9-19-15(13(16)11-18-19)14(17-2)10-12-7-5-4-6-8-12/h4-8,11,14,17H,3,9-10H2,1-2H3. The Morgan fingerprint density at radius 3 is 2.68 bits per heavy atom. The Labute approximate surface area is 119 Å². The summed E-state index contributed by atoms with van der Waals surface area (Å²) in [6, 6.07) is 10.6. The number of hydrogen-bond acceptors (Lipinski definition) is 2. The fraction of sp³-hybridized carbons (Fsp3) is 0.400. The number of rotatable bonds is 6. The molecule has 102 valence electrons. The molecule has 1 N–H and O–H groups in total. The smallest absolute Gasteiger partial charge is 0.0834 e. The molecule has 1 aromatic carbocycles. The Morgan fingerprint density at radius 1 is 1.32 bits per heavy atom. The molecule has 0 amide bonds. The van der Waals surface area contributed by atoms with E-state index in [2.05, 4.69) is 41.6 Å². The van der Waals surface area contributed by atoms with Gasteiger partial charge in [-0.15, -0.1) is 0 Å². The number of aromatic nitrogens is 2. The van der Waals surface area contributed by atoms with Crippen molar-refractivity contribution in [3.05, 3.63) is 52.8 Å². The predicted molar refractivity (Wildman–Crippen MR) is 79.5 cm³/mol. The molecule has 2 rings (SSSR count). The third kappa shape index (κ3) is 3.37. The van der Waals surface area contributed by atoms with Crippen LogP contribution in [-0.2, 0) is 13.0 Å². The van der Waals surface area contributed by atoms with Gasteiger partial charge in [-0.05, 0) is 25.5 Å². The Hall–Kier alpha value is -1.32. The van der Waals surface area contributed by atoms with Crippen molar-refractivity contribution in [2.24, 2.45) is 0 Å². The van der Waals surface area contributed by atoms with Crippen LogP contribution in [0.4, 0.5) is 0 Å². The molecule has 0 saturated heterocycles. The minimum atomic E-state index is 0.184. The van der Waals surface area contributed by atoms with E-state index in [-0.39, 0.29) is 6.04 Å². The van der Waals surface area contributed by atoms with Crippen molar-refractivity contribution < 1.29 is 0 Å². The van der Waals surface area contributed by atoms with Gasteiger partial charge in [-0.1, -0.05) is 48.9 Å². The van der Waals surface area contributed by atoms with E-state index in [0.29, 0.717) is 0 Å². The number of nitrogens with zero attached hydrogens (tertiary/aromatic N) is 2. The van der Waals surface area contributed by atoms with Crippen LogP contribution in [0.5, 0.6) is 0 Å². The summed E-state index contributed by atoms with van der Waals surface area (Å²) in [6.45, 7) is 3.04. The van der Waals surface area contributed by atoms with E-state index in [0.717, 1.165) is 30.1 Å². The molecular formula is C15H20ClN3. The molecule has 0 bridgehead atoms. The van der Waals surface area contributed by atoms with Crippen LogP contribution in [0, 0.1) is 0 Å². The van der Waals surface area contributed by atoms with Gasteiger partial charge >= 0.3 is 0 Å². The maximum absolute atomic E-state index is 6.30. The minimum absolute atomic E-state index is 0.184. The molecule has 1 aromatic heterocycles. The van der Waals surface area contributed by atoms with Crippen LogP contribution >= 0.6 is 11.6 Å². The highest BCUT2D eigenvalue weighted by Crippen LogP contribution is 2.25. The molecule has 0 aliphatic carbocycles. The van der Waals surface area contributed by atoms with Gasteiger partial charge < -0.3 is 5.32 Å². The van der Waals surface area contributed by atoms with E-state index >= 15 is 0 Å². The number of likely N-dealkylation sites (N-methyl/N-ethyl adjacent to an activating group) is 1. The van der Waals surface area contributed by atoms with Gasteiger partial charge in [-0.3, -0.25) is 4.68 Å². The second-order valence-electron chi connectivity index (χ2n) is 4.63. The van der Waals surface area contributed by atoms with Gasteiger partial charge in [0.15, 0.2) is 0 Å². The van der Waals surface area contributed by atoms with Gasteiger partial charge in [-0.25, -0.2) is 0 Å². The first-order valence-electron chi connectivity index (χ1n) is 6.68. The van der Waals surface area contributed by atoms with Crippen molar-refractivity contribution >= 4 is 11.6 Å². The summed E-state index contributed by atoms with van der Waals surface area (Å²) in [5.74, 6) is 0. The van der Waals surface area contributed by atoms with E-state index in [1.807, 2.05) is 17.8 Å². The van der Waals surface area contributed by atoms with E-state index in [9.17, 15) is 0 Å². The molecule has 3 nitrogen and oxygen atoms in total. The van der Waals surface area contributed by atoms with Crippen molar-refractivity contribution in [2.45, 2.75) is 32.4 Å². The van der Waals surface area contributed by atoms with E-state index in [1.165, 1.54) is 5.56 Å². The first-order valence-corrected chi connectivity index (χ1v) is 7.06. The van der Waals surface area contributed by atoms with Crippen LogP contribution in [-0.4, -0.2) is 16.8 Å². The summed E-state index contributed by atoms with van der Waals surface area (Å²) in [5, 5.41) is 8.45. The molecule has 0 aliphatic heterocycles. The number of benzene rings is 1. The van der Waals surface area contributed by atoms with Gasteiger partial charge in [0.2, 0.25) is 0 Å². The van der Waals surface area contributed by atoms with Crippen LogP contribution in [0.2, 0.25) is 5.02 Å². The second-order valence-corrected chi connectivity index (χ2v) is 5.04. The number of aryl methyl sites for hydroxylation is 1. The zero-order valence-corrected chi connectivity index (χ0v) is 12.2. The van der Waals surface area contributed by atoms with E-state index in [1.54, 1.807) is 6.20 Å². The summed E-state index contributed by atoms with van der Waals surface area (Å²) in [5.41, 5.74) is 2.37. The molecule has 0 spiro atoms. The normalized spacial score (nSPS) is 12.6. The van der Waals surface area contributed by atoms with Crippen LogP contribution in [0.25, 0.3) is 0 Å². The third-order valence-electron chi connectivity index (χ3n) is 3.23. The number of halogens is 1. The highest BCUT2D eigenvalue weighted by molar-refractivity contribution is 6.31. The lowest BCUT2D eigenvalue weighted by Gasteiger charge is -2.18. The number of hydrogen-bond donors (Lipinski definition) is 1. The maximum Gasteiger partial charge on any atom is 0.0834 e. The van der Waals surface area contributed by atoms with Crippen molar-refractivity contribution in [3.63, 3.8) is 0 Å². The molecule has 0 fully saturated rings. The first-order chi connectivity index (χ1) is 9.26. The van der Waals surface area contributed by atoms with Gasteiger partial charge in [0.05, 0.1) is 23.0 Å². The number of nitrogens with one attached hydrogen (secondary N) is 1. The summed E-state index contributed by atoms with van der Waals surface area (Å²) in [7, 11) is 1.97. The van der Waals surface area contributed by atoms with E-state index < -0.39 is 0 Å². The monoisotopic (exact) mass is 277 g/mol. The molecule has 1 heterocycles. The molecule has 2 aromatic rings. The van der Waals surface area contributed by atoms with Gasteiger partial charge in [0.25, 0.3) is 0 Å². The van der Waals surface area contributed by atoms with Gasteiger partial charge in [-0.2, -0.15) is 5.10 Å². The van der Waals surface area contributed by atoms with Gasteiger partial charge in [0, 0.05) is 6.54 Å². The molecule has 0 saturated carbocycles. The summed E-state index contributed by atoms with van der Waals surface area (Å²) in [6.07, 6.45) is 3.70. The minimum Gasteiger partial charge on any atom is -0.311 e. The SMILES string of the molecule is CCCn1ncc(Cl)c1C(Cc1ccccc1)NC. The zero-order chi connectivity index (χ0) is 13.7. The fourth-order valence-corrected chi connectivity index (χ4v) is 2.57. The lowest BCUT2D eigenvalue weighted by Crippen LogP contribution is -2.23. The molecular weight excluding hydrogens is 258 g/mol. The van der Waals surface area contributed by atoms with Crippen LogP contribution in [0.3, 0.4) is 0 Å². The van der Waals surface area contributed by atoms with Crippen molar-refractivity contribution in [1.82, 2.24) is 15.1 Å². The summed E-state index contributed by atoms with van der Waals surface area (Å²) < 4.78 is 2.01. The summed E-state index contributed by atoms with van der Waals surface area (Å²) in [4.78, 5) is 0. The van der Waals surface area contributed by atoms with Crippen molar-refractivity contribution in [1.29, 1.82) is 0 Å². The van der Waals surface area contributed by atoms with E-state index in [4.69, 9.17) is 11.6 Å². The maximum atomic E-state index is 6.30. The van der Waals surface area contributed by atoms with Crippen LogP contribution in [0.15, 0.2) is 36.5 Å².